The van der Waals surface area contributed by atoms with Crippen LogP contribution in [-0.2, 0) is 6.42 Å². The number of hydrogen-bond donors (Lipinski definition) is 3. The molecule has 0 spiro atoms. The van der Waals surface area contributed by atoms with Crippen LogP contribution in [-0.4, -0.2) is 17.1 Å². The van der Waals surface area contributed by atoms with Crippen molar-refractivity contribution < 1.29 is 4.79 Å². The summed E-state index contributed by atoms with van der Waals surface area (Å²) in [5, 5.41) is 8.97. The fourth-order valence-electron chi connectivity index (χ4n) is 2.21. The maximum Gasteiger partial charge on any atom is 0.319 e. The van der Waals surface area contributed by atoms with E-state index >= 15 is 0 Å². The molecule has 22 heavy (non-hydrogen) atoms. The normalized spacial score (nSPS) is 13.5. The first kappa shape index (κ1) is 14.4. The molecule has 114 valence electrons. The molecule has 1 saturated carbocycles. The molecule has 0 saturated heterocycles. The Labute approximate surface area is 130 Å². The zero-order valence-electron chi connectivity index (χ0n) is 12.6. The summed E-state index contributed by atoms with van der Waals surface area (Å²) >= 11 is 0. The Morgan fingerprint density at radius 2 is 2.05 bits per heavy atom. The van der Waals surface area contributed by atoms with Gasteiger partial charge in [-0.25, -0.2) is 9.78 Å². The lowest BCUT2D eigenvalue weighted by Gasteiger charge is -2.11. The van der Waals surface area contributed by atoms with E-state index in [-0.39, 0.29) is 6.03 Å². The van der Waals surface area contributed by atoms with Crippen LogP contribution in [0, 0.1) is 0 Å². The first-order valence-corrected chi connectivity index (χ1v) is 7.63. The number of amides is 2. The van der Waals surface area contributed by atoms with Gasteiger partial charge < -0.3 is 16.0 Å². The van der Waals surface area contributed by atoms with E-state index in [1.807, 2.05) is 30.3 Å². The Balaban J connectivity index is 1.62. The van der Waals surface area contributed by atoms with Crippen molar-refractivity contribution in [3.05, 3.63) is 48.2 Å². The van der Waals surface area contributed by atoms with Crippen molar-refractivity contribution in [2.45, 2.75) is 32.2 Å². The van der Waals surface area contributed by atoms with Gasteiger partial charge in [-0.1, -0.05) is 25.1 Å². The molecule has 1 aliphatic rings. The Kier molecular flexibility index (Phi) is 4.23. The molecule has 5 heteroatoms. The van der Waals surface area contributed by atoms with Gasteiger partial charge in [0.1, 0.15) is 5.82 Å². The number of nitrogens with zero attached hydrogens (tertiary/aromatic N) is 1. The SMILES string of the molecule is CCc1ccccc1Nc1ccc(NC(=O)NC2CC2)cn1. The number of aryl methyl sites for hydroxylation is 1. The quantitative estimate of drug-likeness (QED) is 0.788. The molecule has 3 rings (SSSR count). The fraction of sp³-hybridized carbons (Fsp3) is 0.294. The lowest BCUT2D eigenvalue weighted by atomic mass is 10.1. The number of urea groups is 1. The molecular formula is C17H20N4O. The average Bonchev–Trinajstić information content (AvgIpc) is 3.33. The Morgan fingerprint density at radius 3 is 2.73 bits per heavy atom. The largest absolute Gasteiger partial charge is 0.340 e. The van der Waals surface area contributed by atoms with Crippen LogP contribution in [0.15, 0.2) is 42.6 Å². The monoisotopic (exact) mass is 296 g/mol. The van der Waals surface area contributed by atoms with Crippen LogP contribution in [0.1, 0.15) is 25.3 Å². The summed E-state index contributed by atoms with van der Waals surface area (Å²) in [5.74, 6) is 0.758. The number of aromatic nitrogens is 1. The predicted octanol–water partition coefficient (Wildman–Crippen LogP) is 3.67. The lowest BCUT2D eigenvalue weighted by Crippen LogP contribution is -2.30. The third kappa shape index (κ3) is 3.75. The highest BCUT2D eigenvalue weighted by Gasteiger charge is 2.23. The highest BCUT2D eigenvalue weighted by atomic mass is 16.2. The maximum absolute atomic E-state index is 11.7. The highest BCUT2D eigenvalue weighted by Crippen LogP contribution is 2.21. The molecule has 0 unspecified atom stereocenters. The van der Waals surface area contributed by atoms with Crippen molar-refractivity contribution in [3.8, 4) is 0 Å². The molecule has 0 aliphatic heterocycles. The van der Waals surface area contributed by atoms with E-state index in [1.54, 1.807) is 6.20 Å². The van der Waals surface area contributed by atoms with Crippen molar-refractivity contribution in [3.63, 3.8) is 0 Å². The van der Waals surface area contributed by atoms with Crippen LogP contribution in [0.4, 0.5) is 22.0 Å². The first-order chi connectivity index (χ1) is 10.7. The van der Waals surface area contributed by atoms with E-state index in [0.29, 0.717) is 11.7 Å². The Bertz CT molecular complexity index is 650. The summed E-state index contributed by atoms with van der Waals surface area (Å²) in [7, 11) is 0. The van der Waals surface area contributed by atoms with E-state index in [2.05, 4.69) is 33.9 Å². The second kappa shape index (κ2) is 6.47. The van der Waals surface area contributed by atoms with E-state index in [1.165, 1.54) is 5.56 Å². The predicted molar refractivity (Wildman–Crippen MR) is 88.5 cm³/mol. The fourth-order valence-corrected chi connectivity index (χ4v) is 2.21. The molecule has 1 aromatic carbocycles. The van der Waals surface area contributed by atoms with Crippen molar-refractivity contribution in [2.24, 2.45) is 0 Å². The standard InChI is InChI=1S/C17H20N4O/c1-2-12-5-3-4-6-15(12)21-16-10-9-14(11-18-16)20-17(22)19-13-7-8-13/h3-6,9-11,13H,2,7-8H2,1H3,(H,18,21)(H2,19,20,22). The lowest BCUT2D eigenvalue weighted by molar-refractivity contribution is 0.251. The molecule has 0 bridgehead atoms. The molecule has 0 atom stereocenters. The number of hydrogen-bond acceptors (Lipinski definition) is 3. The van der Waals surface area contributed by atoms with Gasteiger partial charge in [-0.05, 0) is 43.0 Å². The van der Waals surface area contributed by atoms with Gasteiger partial charge in [0.25, 0.3) is 0 Å². The van der Waals surface area contributed by atoms with E-state index < -0.39 is 0 Å². The van der Waals surface area contributed by atoms with Crippen molar-refractivity contribution >= 4 is 23.2 Å². The summed E-state index contributed by atoms with van der Waals surface area (Å²) in [5.41, 5.74) is 2.99. The van der Waals surface area contributed by atoms with E-state index in [4.69, 9.17) is 0 Å². The summed E-state index contributed by atoms with van der Waals surface area (Å²) in [4.78, 5) is 16.0. The van der Waals surface area contributed by atoms with Gasteiger partial charge in [0, 0.05) is 11.7 Å². The third-order valence-electron chi connectivity index (χ3n) is 3.59. The zero-order chi connectivity index (χ0) is 15.4. The van der Waals surface area contributed by atoms with Gasteiger partial charge in [0.2, 0.25) is 0 Å². The van der Waals surface area contributed by atoms with Crippen molar-refractivity contribution in [2.75, 3.05) is 10.6 Å². The second-order valence-electron chi connectivity index (χ2n) is 5.44. The number of rotatable bonds is 5. The van der Waals surface area contributed by atoms with Crippen LogP contribution < -0.4 is 16.0 Å². The van der Waals surface area contributed by atoms with Gasteiger partial charge in [0.05, 0.1) is 11.9 Å². The van der Waals surface area contributed by atoms with Crippen LogP contribution in [0.5, 0.6) is 0 Å². The second-order valence-corrected chi connectivity index (χ2v) is 5.44. The number of anilines is 3. The average molecular weight is 296 g/mol. The van der Waals surface area contributed by atoms with Gasteiger partial charge in [-0.2, -0.15) is 0 Å². The topological polar surface area (TPSA) is 66.0 Å². The van der Waals surface area contributed by atoms with Gasteiger partial charge in [-0.3, -0.25) is 0 Å². The molecule has 1 fully saturated rings. The molecule has 0 radical (unpaired) electrons. The zero-order valence-corrected chi connectivity index (χ0v) is 12.6. The molecule has 1 aliphatic carbocycles. The molecule has 2 aromatic rings. The summed E-state index contributed by atoms with van der Waals surface area (Å²) in [6, 6.07) is 12.1. The number of para-hydroxylation sites is 1. The van der Waals surface area contributed by atoms with Gasteiger partial charge in [-0.15, -0.1) is 0 Å². The summed E-state index contributed by atoms with van der Waals surface area (Å²) < 4.78 is 0. The Hall–Kier alpha value is -2.56. The first-order valence-electron chi connectivity index (χ1n) is 7.63. The summed E-state index contributed by atoms with van der Waals surface area (Å²) in [6.45, 7) is 2.12. The van der Waals surface area contributed by atoms with Crippen LogP contribution in [0.25, 0.3) is 0 Å². The van der Waals surface area contributed by atoms with E-state index in [0.717, 1.165) is 30.8 Å². The minimum atomic E-state index is -0.165. The Morgan fingerprint density at radius 1 is 1.23 bits per heavy atom. The van der Waals surface area contributed by atoms with Crippen LogP contribution in [0.3, 0.4) is 0 Å². The van der Waals surface area contributed by atoms with E-state index in [9.17, 15) is 4.79 Å². The third-order valence-corrected chi connectivity index (χ3v) is 3.59. The molecular weight excluding hydrogens is 276 g/mol. The summed E-state index contributed by atoms with van der Waals surface area (Å²) in [6.07, 6.45) is 4.77. The highest BCUT2D eigenvalue weighted by molar-refractivity contribution is 5.89. The minimum Gasteiger partial charge on any atom is -0.340 e. The van der Waals surface area contributed by atoms with Crippen molar-refractivity contribution in [1.29, 1.82) is 0 Å². The molecule has 1 aromatic heterocycles. The molecule has 2 amide bonds. The van der Waals surface area contributed by atoms with Crippen molar-refractivity contribution in [1.82, 2.24) is 10.3 Å². The number of benzene rings is 1. The number of carbonyl (C=O) groups excluding carboxylic acids is 1. The van der Waals surface area contributed by atoms with Gasteiger partial charge in [0.15, 0.2) is 0 Å². The smallest absolute Gasteiger partial charge is 0.319 e. The molecule has 1 heterocycles. The number of nitrogens with one attached hydrogen (secondary N) is 3. The number of carbonyl (C=O) groups is 1. The van der Waals surface area contributed by atoms with Crippen LogP contribution in [0.2, 0.25) is 0 Å². The van der Waals surface area contributed by atoms with Crippen LogP contribution >= 0.6 is 0 Å². The van der Waals surface area contributed by atoms with Gasteiger partial charge >= 0.3 is 6.03 Å². The minimum absolute atomic E-state index is 0.165. The maximum atomic E-state index is 11.7. The molecule has 5 nitrogen and oxygen atoms in total. The molecule has 3 N–H and O–H groups in total. The number of pyridine rings is 1.